The highest BCUT2D eigenvalue weighted by Crippen LogP contribution is 2.34. The van der Waals surface area contributed by atoms with Crippen LogP contribution in [0.25, 0.3) is 23.1 Å². The van der Waals surface area contributed by atoms with Crippen molar-refractivity contribution >= 4 is 123 Å². The number of aliphatic hydroxyl groups excluding tert-OH is 2. The Bertz CT molecular complexity index is 4530. The number of hydrogen-bond donors (Lipinski definition) is 20. The fourth-order valence-corrected chi connectivity index (χ4v) is 13.7. The normalized spacial score (nSPS) is 19.3. The molecule has 1 saturated heterocycles. The fraction of sp³-hybridized carbons (Fsp3) is 0.432. The molecule has 1 fully saturated rings. The first-order valence-electron chi connectivity index (χ1n) is 39.1. The second-order valence-electron chi connectivity index (χ2n) is 28.9. The van der Waals surface area contributed by atoms with Crippen LogP contribution in [-0.2, 0) is 75.3 Å². The summed E-state index contributed by atoms with van der Waals surface area (Å²) in [5.74, 6) is -13.4. The monoisotopic (exact) mass is 1660 g/mol. The van der Waals surface area contributed by atoms with Crippen molar-refractivity contribution < 1.29 is 82.4 Å². The van der Waals surface area contributed by atoms with Crippen molar-refractivity contribution in [2.75, 3.05) is 45.1 Å². The lowest BCUT2D eigenvalue weighted by atomic mass is 10.00. The Kier molecular flexibility index (Phi) is 37.4. The number of carboxylic acid groups (broad SMARTS) is 1. The summed E-state index contributed by atoms with van der Waals surface area (Å²) in [6, 6.07) is 18.2. The molecule has 1 aliphatic heterocycles. The molecule has 4 aromatic carbocycles. The van der Waals surface area contributed by atoms with Crippen LogP contribution < -0.4 is 92.1 Å². The van der Waals surface area contributed by atoms with Crippen molar-refractivity contribution in [2.45, 2.75) is 187 Å². The lowest BCUT2D eigenvalue weighted by molar-refractivity contribution is -0.138. The molecule has 7 rings (SSSR count). The maximum atomic E-state index is 14.7. The second kappa shape index (κ2) is 47.4. The Labute approximate surface area is 691 Å². The van der Waals surface area contributed by atoms with E-state index in [1.54, 1.807) is 93.8 Å². The zero-order valence-electron chi connectivity index (χ0n) is 66.8. The summed E-state index contributed by atoms with van der Waals surface area (Å²) in [4.78, 5) is 200. The van der Waals surface area contributed by atoms with Gasteiger partial charge in [0.25, 0.3) is 5.91 Å². The van der Waals surface area contributed by atoms with Gasteiger partial charge in [0.1, 0.15) is 60.4 Å². The summed E-state index contributed by atoms with van der Waals surface area (Å²) < 4.78 is 1.82. The minimum atomic E-state index is -1.83. The van der Waals surface area contributed by atoms with E-state index in [2.05, 4.69) is 74.1 Å². The average molecular weight is 1670 g/mol. The largest absolute Gasteiger partial charge is 0.481 e. The third kappa shape index (κ3) is 29.5. The first kappa shape index (κ1) is 94.1. The van der Waals surface area contributed by atoms with Gasteiger partial charge in [0.15, 0.2) is 0 Å². The van der Waals surface area contributed by atoms with Gasteiger partial charge in [-0.2, -0.15) is 5.10 Å². The Morgan fingerprint density at radius 3 is 1.76 bits per heavy atom. The molecule has 6 aromatic rings. The van der Waals surface area contributed by atoms with Crippen LogP contribution in [0.4, 0.5) is 5.69 Å². The first-order chi connectivity index (χ1) is 56.9. The number of aromatic nitrogens is 3. The molecule has 38 heteroatoms. The molecule has 12 atom stereocenters. The van der Waals surface area contributed by atoms with E-state index in [0.717, 1.165) is 33.2 Å². The van der Waals surface area contributed by atoms with E-state index >= 15 is 0 Å². The quantitative estimate of drug-likeness (QED) is 0.0217. The zero-order valence-corrected chi connectivity index (χ0v) is 67.7. The number of pyridine rings is 1. The summed E-state index contributed by atoms with van der Waals surface area (Å²) in [5, 5.41) is 70.3. The van der Waals surface area contributed by atoms with Gasteiger partial charge < -0.3 is 107 Å². The van der Waals surface area contributed by atoms with E-state index in [4.69, 9.17) is 28.0 Å². The van der Waals surface area contributed by atoms with Gasteiger partial charge in [-0.25, -0.2) is 0 Å². The number of aliphatic hydroxyl groups is 2. The van der Waals surface area contributed by atoms with Gasteiger partial charge in [-0.05, 0) is 169 Å². The fourth-order valence-electron chi connectivity index (χ4n) is 12.7. The van der Waals surface area contributed by atoms with Crippen LogP contribution >= 0.6 is 11.8 Å². The van der Waals surface area contributed by atoms with Crippen molar-refractivity contribution in [1.82, 2.24) is 78.6 Å². The molecular formula is C81H108N20O17S. The Morgan fingerprint density at radius 2 is 1.17 bits per heavy atom. The van der Waals surface area contributed by atoms with Crippen molar-refractivity contribution in [3.8, 4) is 0 Å². The number of amides is 13. The number of hydrogen-bond acceptors (Lipinski definition) is 23. The van der Waals surface area contributed by atoms with Crippen LogP contribution in [0.15, 0.2) is 131 Å². The summed E-state index contributed by atoms with van der Waals surface area (Å²) in [6.45, 7) is 4.71. The summed E-state index contributed by atoms with van der Waals surface area (Å²) in [6.07, 6.45) is -1.82. The highest BCUT2D eigenvalue weighted by atomic mass is 32.2. The number of fused-ring (bicyclic) bond motifs is 1. The van der Waals surface area contributed by atoms with Gasteiger partial charge in [-0.15, -0.1) is 0 Å². The van der Waals surface area contributed by atoms with E-state index in [9.17, 15) is 82.4 Å². The number of nitrogens with two attached hydrogens (primary N) is 4. The van der Waals surface area contributed by atoms with E-state index in [0.29, 0.717) is 22.5 Å². The first-order valence-corrected chi connectivity index (χ1v) is 39.9. The predicted molar refractivity (Wildman–Crippen MR) is 442 cm³/mol. The molecule has 24 N–H and O–H groups in total. The number of carbonyl (C=O) groups excluding carboxylic acids is 13. The maximum Gasteiger partial charge on any atom is 0.303 e. The van der Waals surface area contributed by atoms with Crippen molar-refractivity contribution in [3.63, 3.8) is 0 Å². The van der Waals surface area contributed by atoms with Gasteiger partial charge in [0, 0.05) is 66.3 Å². The van der Waals surface area contributed by atoms with Gasteiger partial charge in [0.05, 0.1) is 41.2 Å². The summed E-state index contributed by atoms with van der Waals surface area (Å²) in [7, 11) is 1.56. The van der Waals surface area contributed by atoms with E-state index in [1.807, 2.05) is 65.4 Å². The molecule has 0 unspecified atom stereocenters. The maximum absolute atomic E-state index is 14.7. The van der Waals surface area contributed by atoms with Crippen LogP contribution in [-0.4, -0.2) is 225 Å². The topological polar surface area (TPSA) is 591 Å². The van der Waals surface area contributed by atoms with Gasteiger partial charge in [-0.3, -0.25) is 76.8 Å². The zero-order chi connectivity index (χ0) is 86.8. The number of benzene rings is 4. The lowest BCUT2D eigenvalue weighted by Crippen LogP contribution is -2.61. The number of anilines is 1. The van der Waals surface area contributed by atoms with Crippen LogP contribution in [0.3, 0.4) is 0 Å². The van der Waals surface area contributed by atoms with Crippen LogP contribution in [0, 0.1) is 5.92 Å². The number of carbonyl (C=O) groups is 14. The number of carboxylic acids is 1. The average Bonchev–Trinajstić information content (AvgIpc) is 1.64. The summed E-state index contributed by atoms with van der Waals surface area (Å²) in [5.41, 5.74) is 28.0. The van der Waals surface area contributed by atoms with Gasteiger partial charge >= 0.3 is 5.97 Å². The molecule has 640 valence electrons. The third-order valence-corrected chi connectivity index (χ3v) is 20.1. The third-order valence-electron chi connectivity index (χ3n) is 19.0. The molecule has 2 aromatic heterocycles. The predicted octanol–water partition coefficient (Wildman–Crippen LogP) is -1.44. The highest BCUT2D eigenvalue weighted by Gasteiger charge is 2.38. The van der Waals surface area contributed by atoms with E-state index in [1.165, 1.54) is 18.7 Å². The van der Waals surface area contributed by atoms with Crippen LogP contribution in [0.5, 0.6) is 0 Å². The Morgan fingerprint density at radius 1 is 0.588 bits per heavy atom. The standard InChI is InChI=1S/C81H108N20O17S/c1-45(2)41-62-78(115)93-57(30-35-82)73(110)92-60(33-38-85)77(114)99-69(46(3)102)80(117)88-40-34-61(76(113)91-58(31-36-83)75(112)97-63(79(116)96-62)42-48-13-7-6-8-14-48)94-74(111)59(32-37-84)95-81(118)70(47(4)103)98-67(105)28-27-66(104)90-56(26-29-68(106)107)72(109)89-51-20-18-49(19-21-51)44-101-64-43-52(119-65-17-10-9-16-54(65)71(108)86-5)23-24-53(64)55(100-101)25-22-50-15-11-12-39-87-50/h6-25,39,43,45-47,56-63,69-70,102-103H,26-38,40-42,44,82-85H2,1-5H3,(H,86,108)(H,88,117)(H,89,109)(H,90,104)(H,91,113)(H,92,110)(H,93,115)(H,94,111)(H,95,118)(H,96,116)(H,97,112)(H,98,105)(H,99,114)(H,106,107)/b25-22+/t46-,47-,56+,57+,58+,59+,60+,61+,62+,63-,69+,70+/m1/s1. The van der Waals surface area contributed by atoms with Crippen LogP contribution in [0.1, 0.15) is 125 Å². The number of nitrogens with one attached hydrogen (secondary N) is 13. The Balaban J connectivity index is 1.04. The van der Waals surface area contributed by atoms with Gasteiger partial charge in [0.2, 0.25) is 70.9 Å². The summed E-state index contributed by atoms with van der Waals surface area (Å²) >= 11 is 1.42. The van der Waals surface area contributed by atoms with E-state index < -0.39 is 182 Å². The molecular weight excluding hydrogens is 1560 g/mol. The molecule has 0 bridgehead atoms. The van der Waals surface area contributed by atoms with Crippen molar-refractivity contribution in [2.24, 2.45) is 28.9 Å². The van der Waals surface area contributed by atoms with Gasteiger partial charge in [-0.1, -0.05) is 86.3 Å². The smallest absolute Gasteiger partial charge is 0.303 e. The minimum Gasteiger partial charge on any atom is -0.481 e. The van der Waals surface area contributed by atoms with E-state index in [-0.39, 0.29) is 95.2 Å². The SMILES string of the molecule is CNC(=O)c1ccccc1Sc1ccc2c(/C=C/c3ccccn3)nn(Cc3ccc(NC(=O)[C@H](CCC(=O)O)NC(=O)CCC(=O)N[C@H](C(=O)N[C@@H](CCN)C(=O)N[C@H]4CCNC(=O)[C@H]([C@@H](C)O)NC(=O)[C@H](CCN)NC(=O)[C@H](CCN)NC(=O)[C@H](CC(C)C)NC(=O)[C@@H](Cc5ccccc5)NC(=O)[C@H](CCN)NC4=O)[C@@H](C)O)cc3)c2c1. The lowest BCUT2D eigenvalue weighted by Gasteiger charge is -2.28. The molecule has 0 saturated carbocycles. The number of nitrogens with zero attached hydrogens (tertiary/aromatic N) is 3. The second-order valence-corrected chi connectivity index (χ2v) is 30.0. The minimum absolute atomic E-state index is 0.0122. The van der Waals surface area contributed by atoms with Crippen LogP contribution in [0.2, 0.25) is 0 Å². The molecule has 0 aliphatic carbocycles. The number of aliphatic carboxylic acids is 1. The molecule has 119 heavy (non-hydrogen) atoms. The highest BCUT2D eigenvalue weighted by molar-refractivity contribution is 7.99. The number of rotatable bonds is 35. The Hall–Kier alpha value is -12.1. The molecule has 0 spiro atoms. The molecule has 0 radical (unpaired) electrons. The molecule has 37 nitrogen and oxygen atoms in total. The molecule has 3 heterocycles. The van der Waals surface area contributed by atoms with Crippen molar-refractivity contribution in [1.29, 1.82) is 0 Å². The molecule has 1 aliphatic rings. The molecule has 13 amide bonds. The van der Waals surface area contributed by atoms with Crippen molar-refractivity contribution in [3.05, 3.63) is 150 Å².